The van der Waals surface area contributed by atoms with Crippen LogP contribution in [-0.4, -0.2) is 95.7 Å². The first-order chi connectivity index (χ1) is 21.0. The van der Waals surface area contributed by atoms with Gasteiger partial charge in [0.2, 0.25) is 11.8 Å². The van der Waals surface area contributed by atoms with Crippen LogP contribution in [0.4, 0.5) is 11.4 Å². The number of hydrogen-bond donors (Lipinski definition) is 1. The van der Waals surface area contributed by atoms with Crippen molar-refractivity contribution in [3.05, 3.63) is 49.6 Å². The average molecular weight is 609 g/mol. The number of amides is 3. The van der Waals surface area contributed by atoms with Gasteiger partial charge in [-0.1, -0.05) is 32.9 Å². The number of likely N-dealkylation sites (N-methyl/N-ethyl adjacent to an activating group) is 1. The Morgan fingerprint density at radius 1 is 1.05 bits per heavy atom. The molecule has 9 heteroatoms. The maximum Gasteiger partial charge on any atom is 0.253 e. The van der Waals surface area contributed by atoms with Gasteiger partial charge in [-0.3, -0.25) is 14.4 Å². The molecule has 9 nitrogen and oxygen atoms in total. The molecule has 0 radical (unpaired) electrons. The molecule has 1 spiro atoms. The van der Waals surface area contributed by atoms with Crippen LogP contribution in [0, 0.1) is 17.8 Å². The Labute approximate surface area is 263 Å². The molecule has 3 saturated heterocycles. The van der Waals surface area contributed by atoms with Crippen molar-refractivity contribution < 1.29 is 24.2 Å². The Kier molecular flexibility index (Phi) is 10.3. The van der Waals surface area contributed by atoms with E-state index in [1.807, 2.05) is 45.0 Å². The largest absolute Gasteiger partial charge is 0.394 e. The van der Waals surface area contributed by atoms with Crippen LogP contribution in [0.25, 0.3) is 0 Å². The summed E-state index contributed by atoms with van der Waals surface area (Å²) in [6, 6.07) is 6.30. The van der Waals surface area contributed by atoms with Crippen LogP contribution in [0.2, 0.25) is 0 Å². The summed E-state index contributed by atoms with van der Waals surface area (Å²) in [5.41, 5.74) is -0.256. The predicted molar refractivity (Wildman–Crippen MR) is 174 cm³/mol. The third-order valence-corrected chi connectivity index (χ3v) is 10.1. The molecule has 1 N–H and O–H groups in total. The first-order valence-corrected chi connectivity index (χ1v) is 16.3. The summed E-state index contributed by atoms with van der Waals surface area (Å²) in [6.07, 6.45) is 5.48. The van der Waals surface area contributed by atoms with E-state index in [0.717, 1.165) is 18.8 Å². The van der Waals surface area contributed by atoms with Crippen LogP contribution in [0.3, 0.4) is 0 Å². The maximum absolute atomic E-state index is 15.0. The van der Waals surface area contributed by atoms with Gasteiger partial charge in [0.05, 0.1) is 30.1 Å². The minimum absolute atomic E-state index is 0.168. The molecule has 3 aliphatic heterocycles. The molecule has 1 aromatic carbocycles. The Hall–Kier alpha value is -3.17. The summed E-state index contributed by atoms with van der Waals surface area (Å²) in [5, 5.41) is 10.6. The summed E-state index contributed by atoms with van der Waals surface area (Å²) >= 11 is 0. The lowest BCUT2D eigenvalue weighted by Gasteiger charge is -2.40. The fourth-order valence-corrected chi connectivity index (χ4v) is 8.08. The lowest BCUT2D eigenvalue weighted by atomic mass is 9.64. The molecular formula is C35H52N4O5. The Morgan fingerprint density at radius 3 is 2.18 bits per heavy atom. The van der Waals surface area contributed by atoms with Gasteiger partial charge in [-0.25, -0.2) is 0 Å². The molecule has 3 fully saturated rings. The summed E-state index contributed by atoms with van der Waals surface area (Å²) < 4.78 is 6.96. The second-order valence-corrected chi connectivity index (χ2v) is 13.0. The van der Waals surface area contributed by atoms with Gasteiger partial charge in [0.25, 0.3) is 5.91 Å². The lowest BCUT2D eigenvalue weighted by molar-refractivity contribution is -0.153. The number of ether oxygens (including phenoxy) is 1. The van der Waals surface area contributed by atoms with Crippen molar-refractivity contribution in [1.82, 2.24) is 9.80 Å². The SMILES string of the molecule is C=CCN(C)C(=O)[C@@H]1[C@H]2C(=O)N([C@@H](CO)CC(C)C)C(C(=O)N(CC=C)c3ccc(N(CC)CC)cc3)C23CC[C@@]1(CC)O3. The molecule has 0 saturated carbocycles. The maximum atomic E-state index is 15.0. The standard InChI is InChI=1S/C35H52N4O5/c1-9-20-36(8)31(41)28-29-32(42)39(27(23-40)22-24(6)7)30(35(29)19-18-34(28,11-3)44-35)33(43)38(21-10-2)26-16-14-25(15-17-26)37(12-4)13-5/h9-10,14-17,24,27-30,40H,1-2,11-13,18-23H2,3-8H3/t27-,28+,29+,30?,34-,35?/m1/s1. The topological polar surface area (TPSA) is 93.6 Å². The highest BCUT2D eigenvalue weighted by atomic mass is 16.5. The summed E-state index contributed by atoms with van der Waals surface area (Å²) in [5.74, 6) is -2.10. The van der Waals surface area contributed by atoms with Gasteiger partial charge in [0.15, 0.2) is 0 Å². The highest BCUT2D eigenvalue weighted by Gasteiger charge is 2.79. The summed E-state index contributed by atoms with van der Waals surface area (Å²) in [6.45, 7) is 20.0. The molecule has 44 heavy (non-hydrogen) atoms. The van der Waals surface area contributed by atoms with Gasteiger partial charge in [-0.2, -0.15) is 0 Å². The van der Waals surface area contributed by atoms with E-state index in [4.69, 9.17) is 4.74 Å². The van der Waals surface area contributed by atoms with Crippen molar-refractivity contribution in [3.8, 4) is 0 Å². The van der Waals surface area contributed by atoms with Crippen LogP contribution >= 0.6 is 0 Å². The first kappa shape index (κ1) is 33.7. The molecule has 0 aromatic heterocycles. The predicted octanol–water partition coefficient (Wildman–Crippen LogP) is 4.26. The van der Waals surface area contributed by atoms with Crippen molar-refractivity contribution in [2.45, 2.75) is 83.6 Å². The van der Waals surface area contributed by atoms with Gasteiger partial charge < -0.3 is 29.4 Å². The summed E-state index contributed by atoms with van der Waals surface area (Å²) in [7, 11) is 1.72. The smallest absolute Gasteiger partial charge is 0.253 e. The second kappa shape index (κ2) is 13.4. The van der Waals surface area contributed by atoms with Crippen molar-refractivity contribution in [2.24, 2.45) is 17.8 Å². The second-order valence-electron chi connectivity index (χ2n) is 13.0. The molecular weight excluding hydrogens is 556 g/mol. The third-order valence-electron chi connectivity index (χ3n) is 10.1. The number of carbonyl (C=O) groups excluding carboxylic acids is 3. The third kappa shape index (κ3) is 5.47. The van der Waals surface area contributed by atoms with Crippen molar-refractivity contribution in [2.75, 3.05) is 49.6 Å². The van der Waals surface area contributed by atoms with E-state index in [1.165, 1.54) is 0 Å². The molecule has 2 bridgehead atoms. The molecule has 6 atom stereocenters. The van der Waals surface area contributed by atoms with Gasteiger partial charge in [0.1, 0.15) is 11.6 Å². The Balaban J connectivity index is 1.85. The van der Waals surface area contributed by atoms with Gasteiger partial charge in [-0.05, 0) is 69.7 Å². The fourth-order valence-electron chi connectivity index (χ4n) is 8.08. The van der Waals surface area contributed by atoms with Crippen molar-refractivity contribution in [1.29, 1.82) is 0 Å². The highest BCUT2D eigenvalue weighted by molar-refractivity contribution is 6.05. The van der Waals surface area contributed by atoms with Gasteiger partial charge in [-0.15, -0.1) is 13.2 Å². The monoisotopic (exact) mass is 608 g/mol. The molecule has 0 aliphatic carbocycles. The van der Waals surface area contributed by atoms with E-state index in [1.54, 1.807) is 33.9 Å². The molecule has 3 heterocycles. The zero-order valence-corrected chi connectivity index (χ0v) is 27.5. The molecule has 242 valence electrons. The quantitative estimate of drug-likeness (QED) is 0.299. The number of rotatable bonds is 15. The molecule has 1 aromatic rings. The first-order valence-electron chi connectivity index (χ1n) is 16.3. The van der Waals surface area contributed by atoms with Crippen molar-refractivity contribution in [3.63, 3.8) is 0 Å². The van der Waals surface area contributed by atoms with E-state index < -0.39 is 35.1 Å². The van der Waals surface area contributed by atoms with E-state index in [9.17, 15) is 19.5 Å². The number of aliphatic hydroxyl groups excluding tert-OH is 1. The normalized spacial score (nSPS) is 27.8. The Bertz CT molecular complexity index is 1230. The zero-order chi connectivity index (χ0) is 32.4. The number of anilines is 2. The highest BCUT2D eigenvalue weighted by Crippen LogP contribution is 2.65. The van der Waals surface area contributed by atoms with E-state index in [2.05, 4.69) is 31.9 Å². The number of nitrogens with zero attached hydrogens (tertiary/aromatic N) is 4. The van der Waals surface area contributed by atoms with Crippen LogP contribution in [0.5, 0.6) is 0 Å². The van der Waals surface area contributed by atoms with Crippen molar-refractivity contribution >= 4 is 29.1 Å². The van der Waals surface area contributed by atoms with E-state index in [-0.39, 0.29) is 36.8 Å². The zero-order valence-electron chi connectivity index (χ0n) is 27.5. The Morgan fingerprint density at radius 2 is 1.66 bits per heavy atom. The van der Waals surface area contributed by atoms with Gasteiger partial charge in [0, 0.05) is 44.6 Å². The number of fused-ring (bicyclic) bond motifs is 1. The van der Waals surface area contributed by atoms with Crippen LogP contribution in [0.1, 0.15) is 60.3 Å². The summed E-state index contributed by atoms with van der Waals surface area (Å²) in [4.78, 5) is 50.8. The number of hydrogen-bond acceptors (Lipinski definition) is 6. The van der Waals surface area contributed by atoms with E-state index in [0.29, 0.717) is 37.9 Å². The number of carbonyl (C=O) groups is 3. The van der Waals surface area contributed by atoms with E-state index >= 15 is 0 Å². The number of likely N-dealkylation sites (tertiary alicyclic amines) is 1. The lowest BCUT2D eigenvalue weighted by Crippen LogP contribution is -2.59. The molecule has 4 rings (SSSR count). The minimum atomic E-state index is -1.18. The number of benzene rings is 1. The minimum Gasteiger partial charge on any atom is -0.394 e. The molecule has 3 amide bonds. The molecule has 3 aliphatic rings. The van der Waals surface area contributed by atoms with Crippen LogP contribution < -0.4 is 9.80 Å². The fraction of sp³-hybridized carbons (Fsp3) is 0.629. The van der Waals surface area contributed by atoms with Crippen LogP contribution in [-0.2, 0) is 19.1 Å². The molecule has 2 unspecified atom stereocenters. The number of aliphatic hydroxyl groups is 1. The van der Waals surface area contributed by atoms with Gasteiger partial charge >= 0.3 is 0 Å². The average Bonchev–Trinajstić information content (AvgIpc) is 3.62. The van der Waals surface area contributed by atoms with Crippen LogP contribution in [0.15, 0.2) is 49.6 Å².